The summed E-state index contributed by atoms with van der Waals surface area (Å²) in [5, 5.41) is 0.455. The molecule has 1 heterocycles. The SMILES string of the molecule is C=CCN1C(=O)C(CC(=O)c2ccc(Cl)cc2)SC1=Nc1ccc(F)cc1. The van der Waals surface area contributed by atoms with E-state index in [9.17, 15) is 14.0 Å². The van der Waals surface area contributed by atoms with Gasteiger partial charge in [-0.2, -0.15) is 0 Å². The second-order valence-electron chi connectivity index (χ2n) is 5.85. The quantitative estimate of drug-likeness (QED) is 0.511. The van der Waals surface area contributed by atoms with Gasteiger partial charge in [-0.25, -0.2) is 9.38 Å². The van der Waals surface area contributed by atoms with Crippen LogP contribution in [0.1, 0.15) is 16.8 Å². The van der Waals surface area contributed by atoms with Gasteiger partial charge in [0.25, 0.3) is 0 Å². The van der Waals surface area contributed by atoms with Gasteiger partial charge in [0.15, 0.2) is 11.0 Å². The summed E-state index contributed by atoms with van der Waals surface area (Å²) in [7, 11) is 0. The van der Waals surface area contributed by atoms with Crippen LogP contribution in [-0.4, -0.2) is 33.6 Å². The van der Waals surface area contributed by atoms with Crippen LogP contribution < -0.4 is 0 Å². The molecule has 0 aliphatic carbocycles. The van der Waals surface area contributed by atoms with Gasteiger partial charge in [0.2, 0.25) is 5.91 Å². The van der Waals surface area contributed by atoms with E-state index in [0.717, 1.165) is 0 Å². The average molecular weight is 403 g/mol. The van der Waals surface area contributed by atoms with Crippen LogP contribution in [0.4, 0.5) is 10.1 Å². The van der Waals surface area contributed by atoms with E-state index in [4.69, 9.17) is 11.6 Å². The molecule has 7 heteroatoms. The van der Waals surface area contributed by atoms with Crippen LogP contribution in [0.3, 0.4) is 0 Å². The van der Waals surface area contributed by atoms with Crippen LogP contribution in [0.2, 0.25) is 5.02 Å². The Hall–Kier alpha value is -2.44. The smallest absolute Gasteiger partial charge is 0.242 e. The molecule has 2 aromatic rings. The van der Waals surface area contributed by atoms with E-state index in [0.29, 0.717) is 21.4 Å². The summed E-state index contributed by atoms with van der Waals surface area (Å²) in [5.74, 6) is -0.689. The third-order valence-corrected chi connectivity index (χ3v) is 5.35. The fourth-order valence-electron chi connectivity index (χ4n) is 2.57. The Kier molecular flexibility index (Phi) is 6.08. The first kappa shape index (κ1) is 19.3. The second kappa shape index (κ2) is 8.50. The molecule has 0 bridgehead atoms. The van der Waals surface area contributed by atoms with Gasteiger partial charge >= 0.3 is 0 Å². The van der Waals surface area contributed by atoms with E-state index in [1.807, 2.05) is 0 Å². The number of carbonyl (C=O) groups excluding carboxylic acids is 2. The second-order valence-corrected chi connectivity index (χ2v) is 7.46. The topological polar surface area (TPSA) is 49.7 Å². The van der Waals surface area contributed by atoms with Gasteiger partial charge < -0.3 is 0 Å². The highest BCUT2D eigenvalue weighted by atomic mass is 35.5. The van der Waals surface area contributed by atoms with Gasteiger partial charge in [-0.1, -0.05) is 29.4 Å². The first-order chi connectivity index (χ1) is 13.0. The number of halogens is 2. The van der Waals surface area contributed by atoms with Crippen molar-refractivity contribution in [3.8, 4) is 0 Å². The van der Waals surface area contributed by atoms with Crippen LogP contribution in [-0.2, 0) is 4.79 Å². The van der Waals surface area contributed by atoms with Crippen LogP contribution in [0.25, 0.3) is 0 Å². The maximum Gasteiger partial charge on any atom is 0.242 e. The average Bonchev–Trinajstić information content (AvgIpc) is 2.93. The fourth-order valence-corrected chi connectivity index (χ4v) is 3.86. The number of amides is 1. The molecule has 1 saturated heterocycles. The Morgan fingerprint density at radius 3 is 2.52 bits per heavy atom. The van der Waals surface area contributed by atoms with Gasteiger partial charge in [-0.3, -0.25) is 14.5 Å². The van der Waals surface area contributed by atoms with Gasteiger partial charge in [0, 0.05) is 23.6 Å². The van der Waals surface area contributed by atoms with Crippen molar-refractivity contribution in [3.05, 3.63) is 77.6 Å². The van der Waals surface area contributed by atoms with E-state index in [1.165, 1.54) is 40.9 Å². The molecule has 3 rings (SSSR count). The minimum absolute atomic E-state index is 0.0568. The van der Waals surface area contributed by atoms with Crippen LogP contribution >= 0.6 is 23.4 Å². The number of thioether (sulfide) groups is 1. The molecule has 1 fully saturated rings. The van der Waals surface area contributed by atoms with Crippen LogP contribution in [0.5, 0.6) is 0 Å². The number of rotatable bonds is 6. The van der Waals surface area contributed by atoms with Crippen molar-refractivity contribution in [1.82, 2.24) is 4.90 Å². The highest BCUT2D eigenvalue weighted by Gasteiger charge is 2.38. The van der Waals surface area contributed by atoms with Crippen molar-refractivity contribution < 1.29 is 14.0 Å². The highest BCUT2D eigenvalue weighted by Crippen LogP contribution is 2.32. The molecular weight excluding hydrogens is 387 g/mol. The number of ketones is 1. The molecular formula is C20H16ClFN2O2S. The summed E-state index contributed by atoms with van der Waals surface area (Å²) in [4.78, 5) is 31.1. The van der Waals surface area contributed by atoms with E-state index < -0.39 is 5.25 Å². The molecule has 138 valence electrons. The first-order valence-electron chi connectivity index (χ1n) is 8.20. The highest BCUT2D eigenvalue weighted by molar-refractivity contribution is 8.15. The molecule has 4 nitrogen and oxygen atoms in total. The monoisotopic (exact) mass is 402 g/mol. The number of hydrogen-bond donors (Lipinski definition) is 0. The van der Waals surface area contributed by atoms with Crippen molar-refractivity contribution in [2.75, 3.05) is 6.54 Å². The number of aliphatic imine (C=N–C) groups is 1. The zero-order valence-electron chi connectivity index (χ0n) is 14.3. The summed E-state index contributed by atoms with van der Waals surface area (Å²) in [5.41, 5.74) is 1.04. The zero-order chi connectivity index (χ0) is 19.4. The molecule has 1 unspecified atom stereocenters. The number of amidine groups is 1. The predicted molar refractivity (Wildman–Crippen MR) is 107 cm³/mol. The van der Waals surface area contributed by atoms with Crippen molar-refractivity contribution in [1.29, 1.82) is 0 Å². The molecule has 0 N–H and O–H groups in total. The lowest BCUT2D eigenvalue weighted by Gasteiger charge is -2.13. The molecule has 1 amide bonds. The number of Topliss-reactive ketones (excluding diaryl/α,β-unsaturated/α-hetero) is 1. The van der Waals surface area contributed by atoms with E-state index in [-0.39, 0.29) is 30.5 Å². The lowest BCUT2D eigenvalue weighted by atomic mass is 10.1. The number of carbonyl (C=O) groups is 2. The Morgan fingerprint density at radius 1 is 1.22 bits per heavy atom. The van der Waals surface area contributed by atoms with Crippen molar-refractivity contribution in [3.63, 3.8) is 0 Å². The largest absolute Gasteiger partial charge is 0.294 e. The summed E-state index contributed by atoms with van der Waals surface area (Å²) in [6, 6.07) is 12.2. The van der Waals surface area contributed by atoms with Crippen LogP contribution in [0.15, 0.2) is 66.2 Å². The van der Waals surface area contributed by atoms with E-state index >= 15 is 0 Å². The van der Waals surface area contributed by atoms with Gasteiger partial charge in [0.05, 0.1) is 10.9 Å². The van der Waals surface area contributed by atoms with Crippen molar-refractivity contribution >= 4 is 45.9 Å². The molecule has 0 aromatic heterocycles. The van der Waals surface area contributed by atoms with Gasteiger partial charge in [-0.15, -0.1) is 6.58 Å². The minimum Gasteiger partial charge on any atom is -0.294 e. The summed E-state index contributed by atoms with van der Waals surface area (Å²) in [6.45, 7) is 3.96. The van der Waals surface area contributed by atoms with Crippen molar-refractivity contribution in [2.24, 2.45) is 4.99 Å². The summed E-state index contributed by atoms with van der Waals surface area (Å²) >= 11 is 7.07. The lowest BCUT2D eigenvalue weighted by molar-refractivity contribution is -0.125. The summed E-state index contributed by atoms with van der Waals surface area (Å²) < 4.78 is 13.1. The third-order valence-electron chi connectivity index (χ3n) is 3.92. The number of benzene rings is 2. The van der Waals surface area contributed by atoms with E-state index in [2.05, 4.69) is 11.6 Å². The van der Waals surface area contributed by atoms with Gasteiger partial charge in [0.1, 0.15) is 5.82 Å². The molecule has 2 aromatic carbocycles. The lowest BCUT2D eigenvalue weighted by Crippen LogP contribution is -2.32. The molecule has 0 saturated carbocycles. The first-order valence-corrected chi connectivity index (χ1v) is 9.45. The maximum absolute atomic E-state index is 13.1. The molecule has 1 atom stereocenters. The Morgan fingerprint density at radius 2 is 1.89 bits per heavy atom. The fraction of sp³-hybridized carbons (Fsp3) is 0.150. The molecule has 1 aliphatic heterocycles. The number of hydrogen-bond acceptors (Lipinski definition) is 4. The molecule has 1 aliphatic rings. The van der Waals surface area contributed by atoms with E-state index in [1.54, 1.807) is 30.3 Å². The van der Waals surface area contributed by atoms with Gasteiger partial charge in [-0.05, 0) is 48.5 Å². The normalized spacial score (nSPS) is 18.1. The molecule has 0 spiro atoms. The van der Waals surface area contributed by atoms with Crippen molar-refractivity contribution in [2.45, 2.75) is 11.7 Å². The third kappa shape index (κ3) is 4.64. The zero-order valence-corrected chi connectivity index (χ0v) is 15.8. The molecule has 0 radical (unpaired) electrons. The Labute approximate surface area is 165 Å². The predicted octanol–water partition coefficient (Wildman–Crippen LogP) is 4.87. The van der Waals surface area contributed by atoms with Crippen LogP contribution in [0, 0.1) is 5.82 Å². The Bertz CT molecular complexity index is 897. The maximum atomic E-state index is 13.1. The minimum atomic E-state index is -0.563. The summed E-state index contributed by atoms with van der Waals surface area (Å²) in [6.07, 6.45) is 1.66. The number of nitrogens with zero attached hydrogens (tertiary/aromatic N) is 2. The Balaban J connectivity index is 1.79. The standard InChI is InChI=1S/C20H16ClFN2O2S/c1-2-11-24-19(26)18(12-17(25)13-3-5-14(21)6-4-13)27-20(24)23-16-9-7-15(22)8-10-16/h2-10,18H,1,11-12H2. The molecule has 27 heavy (non-hydrogen) atoms.